The number of halogens is 3. The first-order valence-electron chi connectivity index (χ1n) is 11.0. The summed E-state index contributed by atoms with van der Waals surface area (Å²) in [7, 11) is 0. The molecule has 0 bridgehead atoms. The molecule has 0 fully saturated rings. The highest BCUT2D eigenvalue weighted by Gasteiger charge is 2.34. The number of fused-ring (bicyclic) bond motifs is 1. The van der Waals surface area contributed by atoms with Crippen LogP contribution in [0.5, 0.6) is 0 Å². The maximum Gasteiger partial charge on any atom is 0.254 e. The van der Waals surface area contributed by atoms with E-state index in [0.717, 1.165) is 0 Å². The minimum Gasteiger partial charge on any atom is -0.382 e. The van der Waals surface area contributed by atoms with Gasteiger partial charge in [0.1, 0.15) is 29.5 Å². The fraction of sp³-hybridized carbons (Fsp3) is 0.182. The second-order valence-electron chi connectivity index (χ2n) is 8.49. The molecule has 6 rings (SSSR count). The van der Waals surface area contributed by atoms with Gasteiger partial charge in [0.15, 0.2) is 11.0 Å². The van der Waals surface area contributed by atoms with Crippen LogP contribution in [0.25, 0.3) is 28.3 Å². The number of anilines is 1. The molecule has 1 aliphatic rings. The Morgan fingerprint density at radius 3 is 2.78 bits per heavy atom. The van der Waals surface area contributed by atoms with Gasteiger partial charge in [0.05, 0.1) is 46.1 Å². The van der Waals surface area contributed by atoms with Gasteiger partial charge in [0.25, 0.3) is 5.56 Å². The van der Waals surface area contributed by atoms with Crippen LogP contribution in [-0.4, -0.2) is 49.7 Å². The van der Waals surface area contributed by atoms with Gasteiger partial charge in [-0.25, -0.2) is 24.3 Å². The Kier molecular flexibility index (Phi) is 5.46. The Morgan fingerprint density at radius 1 is 1.19 bits per heavy atom. The number of hydrogen-bond acceptors (Lipinski definition) is 9. The topological polar surface area (TPSA) is 159 Å². The van der Waals surface area contributed by atoms with E-state index < -0.39 is 11.9 Å². The summed E-state index contributed by atoms with van der Waals surface area (Å²) in [4.78, 5) is 34.0. The van der Waals surface area contributed by atoms with Crippen molar-refractivity contribution in [2.45, 2.75) is 25.3 Å². The zero-order chi connectivity index (χ0) is 25.8. The molecular formula is C22H16Cl2FN11O. The molecule has 15 heteroatoms. The lowest BCUT2D eigenvalue weighted by Gasteiger charge is -2.15. The lowest BCUT2D eigenvalue weighted by atomic mass is 10.1. The summed E-state index contributed by atoms with van der Waals surface area (Å²) >= 11 is 12.3. The Balaban J connectivity index is 1.44. The number of hydrogen-bond donors (Lipinski definition) is 2. The monoisotopic (exact) mass is 539 g/mol. The Hall–Kier alpha value is -4.23. The number of tetrazole rings is 1. The molecule has 0 radical (unpaired) electrons. The van der Waals surface area contributed by atoms with Crippen LogP contribution in [0.15, 0.2) is 41.7 Å². The fourth-order valence-electron chi connectivity index (χ4n) is 4.51. The minimum absolute atomic E-state index is 0.0211. The van der Waals surface area contributed by atoms with E-state index in [1.54, 1.807) is 16.8 Å². The third-order valence-corrected chi connectivity index (χ3v) is 6.70. The smallest absolute Gasteiger partial charge is 0.254 e. The predicted octanol–water partition coefficient (Wildman–Crippen LogP) is 3.19. The van der Waals surface area contributed by atoms with E-state index in [-0.39, 0.29) is 38.7 Å². The summed E-state index contributed by atoms with van der Waals surface area (Å²) < 4.78 is 18.1. The largest absolute Gasteiger partial charge is 0.382 e. The molecule has 5 heterocycles. The maximum atomic E-state index is 15.3. The maximum absolute atomic E-state index is 15.3. The number of nitrogens with two attached hydrogens (primary N) is 1. The van der Waals surface area contributed by atoms with Crippen LogP contribution >= 0.6 is 23.2 Å². The summed E-state index contributed by atoms with van der Waals surface area (Å²) in [6.07, 6.45) is 4.81. The number of nitrogens with zero attached hydrogens (tertiary/aromatic N) is 9. The highest BCUT2D eigenvalue weighted by molar-refractivity contribution is 6.32. The van der Waals surface area contributed by atoms with Crippen LogP contribution in [0.4, 0.5) is 10.2 Å². The third-order valence-electron chi connectivity index (χ3n) is 6.15. The lowest BCUT2D eigenvalue weighted by Crippen LogP contribution is -2.25. The van der Waals surface area contributed by atoms with E-state index >= 15 is 4.39 Å². The second-order valence-corrected chi connectivity index (χ2v) is 9.25. The Morgan fingerprint density at radius 2 is 2.03 bits per heavy atom. The SMILES string of the molecule is CC1CC(c2ncc(-c3ncc(N)nc3Cl)[nH]2)n2c1nc(-c1c(-n3cnnn3)ccc(Cl)c1F)cc2=O. The molecule has 0 saturated heterocycles. The number of benzene rings is 1. The summed E-state index contributed by atoms with van der Waals surface area (Å²) in [5.41, 5.74) is 6.61. The zero-order valence-corrected chi connectivity index (χ0v) is 20.5. The molecule has 12 nitrogen and oxygen atoms in total. The molecule has 4 aromatic heterocycles. The molecule has 0 amide bonds. The van der Waals surface area contributed by atoms with E-state index in [9.17, 15) is 4.79 Å². The molecule has 2 unspecified atom stereocenters. The molecule has 2 atom stereocenters. The summed E-state index contributed by atoms with van der Waals surface area (Å²) in [6, 6.07) is 3.79. The van der Waals surface area contributed by atoms with Gasteiger partial charge in [-0.3, -0.25) is 9.36 Å². The van der Waals surface area contributed by atoms with E-state index in [1.165, 1.54) is 29.3 Å². The summed E-state index contributed by atoms with van der Waals surface area (Å²) in [5.74, 6) is 0.337. The minimum atomic E-state index is -0.731. The third kappa shape index (κ3) is 3.83. The van der Waals surface area contributed by atoms with E-state index in [0.29, 0.717) is 35.1 Å². The van der Waals surface area contributed by atoms with Gasteiger partial charge >= 0.3 is 0 Å². The van der Waals surface area contributed by atoms with Crippen LogP contribution < -0.4 is 11.3 Å². The average Bonchev–Trinajstić information content (AvgIpc) is 3.62. The van der Waals surface area contributed by atoms with Crippen molar-refractivity contribution in [2.75, 3.05) is 5.73 Å². The van der Waals surface area contributed by atoms with Crippen molar-refractivity contribution in [1.82, 2.24) is 49.7 Å². The number of imidazole rings is 1. The van der Waals surface area contributed by atoms with Gasteiger partial charge in [0, 0.05) is 12.0 Å². The normalized spacial score (nSPS) is 16.8. The van der Waals surface area contributed by atoms with Gasteiger partial charge in [0.2, 0.25) is 0 Å². The van der Waals surface area contributed by atoms with Crippen LogP contribution in [0.1, 0.15) is 37.0 Å². The van der Waals surface area contributed by atoms with Gasteiger partial charge < -0.3 is 10.7 Å². The van der Waals surface area contributed by atoms with E-state index in [4.69, 9.17) is 28.9 Å². The van der Waals surface area contributed by atoms with Crippen molar-refractivity contribution < 1.29 is 4.39 Å². The number of nitrogen functional groups attached to an aromatic ring is 1. The van der Waals surface area contributed by atoms with Gasteiger partial charge in [-0.15, -0.1) is 5.10 Å². The second kappa shape index (κ2) is 8.71. The molecule has 0 saturated carbocycles. The molecular weight excluding hydrogens is 524 g/mol. The molecule has 0 spiro atoms. The van der Waals surface area contributed by atoms with Crippen molar-refractivity contribution in [3.8, 4) is 28.3 Å². The van der Waals surface area contributed by atoms with Crippen molar-refractivity contribution in [1.29, 1.82) is 0 Å². The fourth-order valence-corrected chi connectivity index (χ4v) is 4.92. The number of rotatable bonds is 4. The quantitative estimate of drug-likeness (QED) is 0.349. The van der Waals surface area contributed by atoms with Gasteiger partial charge in [-0.1, -0.05) is 30.1 Å². The van der Waals surface area contributed by atoms with Crippen molar-refractivity contribution >= 4 is 29.0 Å². The Bertz CT molecular complexity index is 1720. The predicted molar refractivity (Wildman–Crippen MR) is 132 cm³/mol. The van der Waals surface area contributed by atoms with Crippen LogP contribution in [-0.2, 0) is 0 Å². The first-order valence-corrected chi connectivity index (χ1v) is 11.8. The molecule has 3 N–H and O–H groups in total. The summed E-state index contributed by atoms with van der Waals surface area (Å²) in [5, 5.41) is 11.1. The number of aromatic amines is 1. The first-order chi connectivity index (χ1) is 17.8. The number of nitrogens with one attached hydrogen (secondary N) is 1. The summed E-state index contributed by atoms with van der Waals surface area (Å²) in [6.45, 7) is 1.94. The lowest BCUT2D eigenvalue weighted by molar-refractivity contribution is 0.555. The van der Waals surface area contributed by atoms with Crippen LogP contribution in [0.2, 0.25) is 10.2 Å². The standard InChI is InChI=1S/C22H16Cl2FN11O/c1-9-4-14(21-28-6-12(30-21)19-20(24)32-15(26)7-27-19)36-16(37)5-11(31-22(9)36)17-13(35-8-29-33-34-35)3-2-10(23)18(17)25/h2-3,5-9,14H,4H2,1H3,(H2,26,32)(H,28,30). The molecule has 186 valence electrons. The molecule has 1 aromatic carbocycles. The number of H-pyrrole nitrogens is 1. The highest BCUT2D eigenvalue weighted by atomic mass is 35.5. The number of aromatic nitrogens is 10. The molecule has 5 aromatic rings. The zero-order valence-electron chi connectivity index (χ0n) is 19.0. The molecule has 37 heavy (non-hydrogen) atoms. The van der Waals surface area contributed by atoms with E-state index in [1.807, 2.05) is 6.92 Å². The van der Waals surface area contributed by atoms with Gasteiger partial charge in [-0.2, -0.15) is 4.68 Å². The first kappa shape index (κ1) is 23.2. The van der Waals surface area contributed by atoms with Crippen molar-refractivity contribution in [3.63, 3.8) is 0 Å². The van der Waals surface area contributed by atoms with Crippen LogP contribution in [0.3, 0.4) is 0 Å². The Labute approximate surface area is 217 Å². The van der Waals surface area contributed by atoms with E-state index in [2.05, 4.69) is 40.4 Å². The average molecular weight is 540 g/mol. The molecule has 0 aliphatic carbocycles. The molecule has 1 aliphatic heterocycles. The highest BCUT2D eigenvalue weighted by Crippen LogP contribution is 2.39. The van der Waals surface area contributed by atoms with Crippen molar-refractivity contribution in [2.24, 2.45) is 0 Å². The van der Waals surface area contributed by atoms with Gasteiger partial charge in [-0.05, 0) is 29.0 Å². The van der Waals surface area contributed by atoms with Crippen molar-refractivity contribution in [3.05, 3.63) is 74.9 Å². The van der Waals surface area contributed by atoms with Crippen LogP contribution in [0, 0.1) is 5.82 Å².